The summed E-state index contributed by atoms with van der Waals surface area (Å²) in [5, 5.41) is 18.6. The van der Waals surface area contributed by atoms with Crippen molar-refractivity contribution in [2.75, 3.05) is 0 Å². The second-order valence-corrected chi connectivity index (χ2v) is 5.22. The third kappa shape index (κ3) is 3.26. The van der Waals surface area contributed by atoms with Crippen molar-refractivity contribution in [2.24, 2.45) is 0 Å². The molecule has 3 aromatic heterocycles. The zero-order valence-corrected chi connectivity index (χ0v) is 12.1. The molecular formula is C15H10N3O3S-. The first-order valence-corrected chi connectivity index (χ1v) is 7.34. The van der Waals surface area contributed by atoms with Gasteiger partial charge in [-0.15, -0.1) is 0 Å². The highest BCUT2D eigenvalue weighted by Crippen LogP contribution is 2.24. The van der Waals surface area contributed by atoms with Crippen LogP contribution >= 0.6 is 11.3 Å². The maximum absolute atomic E-state index is 11.0. The van der Waals surface area contributed by atoms with E-state index in [1.54, 1.807) is 30.6 Å². The van der Waals surface area contributed by atoms with Gasteiger partial charge in [-0.25, -0.2) is 0 Å². The number of thiophene rings is 1. The molecule has 3 aromatic rings. The Bertz CT molecular complexity index is 795. The topological polar surface area (TPSA) is 91.9 Å². The number of pyridine rings is 1. The zero-order valence-electron chi connectivity index (χ0n) is 11.3. The molecule has 22 heavy (non-hydrogen) atoms. The molecule has 3 heterocycles. The van der Waals surface area contributed by atoms with E-state index in [0.717, 1.165) is 11.1 Å². The van der Waals surface area contributed by atoms with Crippen LogP contribution in [0.3, 0.4) is 0 Å². The number of hydrogen-bond donors (Lipinski definition) is 0. The van der Waals surface area contributed by atoms with Gasteiger partial charge in [-0.1, -0.05) is 11.2 Å². The monoisotopic (exact) mass is 312 g/mol. The molecule has 0 bridgehead atoms. The van der Waals surface area contributed by atoms with Gasteiger partial charge in [-0.05, 0) is 29.2 Å². The van der Waals surface area contributed by atoms with Crippen LogP contribution in [0.4, 0.5) is 0 Å². The van der Waals surface area contributed by atoms with E-state index >= 15 is 0 Å². The van der Waals surface area contributed by atoms with E-state index in [-0.39, 0.29) is 12.3 Å². The van der Waals surface area contributed by atoms with Crippen molar-refractivity contribution in [2.45, 2.75) is 6.42 Å². The van der Waals surface area contributed by atoms with Crippen LogP contribution in [-0.2, 0) is 4.79 Å². The molecule has 0 atom stereocenters. The van der Waals surface area contributed by atoms with E-state index in [4.69, 9.17) is 4.52 Å². The van der Waals surface area contributed by atoms with Gasteiger partial charge in [0.15, 0.2) is 0 Å². The quantitative estimate of drug-likeness (QED) is 0.714. The average Bonchev–Trinajstić information content (AvgIpc) is 3.18. The van der Waals surface area contributed by atoms with E-state index in [1.165, 1.54) is 11.3 Å². The molecule has 3 rings (SSSR count). The van der Waals surface area contributed by atoms with Crippen LogP contribution in [0.2, 0.25) is 0 Å². The number of carbonyl (C=O) groups excluding carboxylic acids is 1. The summed E-state index contributed by atoms with van der Waals surface area (Å²) in [7, 11) is 0. The Morgan fingerprint density at radius 2 is 2.32 bits per heavy atom. The molecule has 0 spiro atoms. The zero-order chi connectivity index (χ0) is 15.4. The third-order valence-electron chi connectivity index (χ3n) is 2.84. The molecule has 0 saturated carbocycles. The van der Waals surface area contributed by atoms with Gasteiger partial charge in [0.2, 0.25) is 5.82 Å². The molecule has 7 heteroatoms. The lowest BCUT2D eigenvalue weighted by Crippen LogP contribution is -2.22. The average molecular weight is 312 g/mol. The Labute approximate surface area is 129 Å². The van der Waals surface area contributed by atoms with Crippen LogP contribution in [0, 0.1) is 0 Å². The summed E-state index contributed by atoms with van der Waals surface area (Å²) in [5.74, 6) is -0.633. The summed E-state index contributed by atoms with van der Waals surface area (Å²) < 4.78 is 5.19. The highest BCUT2D eigenvalue weighted by Gasteiger charge is 2.13. The summed E-state index contributed by atoms with van der Waals surface area (Å²) >= 11 is 1.52. The Morgan fingerprint density at radius 1 is 1.41 bits per heavy atom. The molecular weight excluding hydrogens is 302 g/mol. The fourth-order valence-electron chi connectivity index (χ4n) is 1.87. The lowest BCUT2D eigenvalue weighted by Gasteiger charge is -2.03. The van der Waals surface area contributed by atoms with E-state index in [2.05, 4.69) is 15.1 Å². The summed E-state index contributed by atoms with van der Waals surface area (Å²) in [6, 6.07) is 5.42. The first kappa shape index (κ1) is 14.2. The predicted octanol–water partition coefficient (Wildman–Crippen LogP) is 1.87. The molecule has 6 nitrogen and oxygen atoms in total. The van der Waals surface area contributed by atoms with Crippen LogP contribution < -0.4 is 5.11 Å². The van der Waals surface area contributed by atoms with Gasteiger partial charge >= 0.3 is 0 Å². The van der Waals surface area contributed by atoms with Gasteiger partial charge in [0, 0.05) is 41.3 Å². The second kappa shape index (κ2) is 6.31. The molecule has 0 N–H and O–H groups in total. The number of carboxylic acids is 1. The minimum absolute atomic E-state index is 0.161. The van der Waals surface area contributed by atoms with Crippen molar-refractivity contribution in [1.82, 2.24) is 15.1 Å². The standard InChI is InChI=1S/C15H11N3O3S/c19-13(20)7-12(6-10-2-1-4-16-8-10)15-17-14(18-21-15)11-3-5-22-9-11/h1-6,8-9H,7H2,(H,19,20)/p-1/b12-6+. The fraction of sp³-hybridized carbons (Fsp3) is 0.0667. The number of carbonyl (C=O) groups is 1. The number of aliphatic carboxylic acids is 1. The van der Waals surface area contributed by atoms with E-state index < -0.39 is 5.97 Å². The van der Waals surface area contributed by atoms with Crippen LogP contribution in [-0.4, -0.2) is 21.1 Å². The Morgan fingerprint density at radius 3 is 3.00 bits per heavy atom. The third-order valence-corrected chi connectivity index (χ3v) is 3.52. The maximum Gasteiger partial charge on any atom is 0.254 e. The SMILES string of the molecule is O=C([O-])C/C(=C\c1cccnc1)c1nc(-c2ccsc2)no1. The summed E-state index contributed by atoms with van der Waals surface area (Å²) in [6.45, 7) is 0. The normalized spacial score (nSPS) is 11.5. The lowest BCUT2D eigenvalue weighted by molar-refractivity contribution is -0.304. The van der Waals surface area contributed by atoms with Gasteiger partial charge in [0.25, 0.3) is 5.89 Å². The maximum atomic E-state index is 11.0. The molecule has 0 aliphatic heterocycles. The van der Waals surface area contributed by atoms with Gasteiger partial charge in [-0.2, -0.15) is 16.3 Å². The summed E-state index contributed by atoms with van der Waals surface area (Å²) in [6.07, 6.45) is 4.58. The van der Waals surface area contributed by atoms with Crippen LogP contribution in [0.15, 0.2) is 45.9 Å². The van der Waals surface area contributed by atoms with Gasteiger partial charge in [-0.3, -0.25) is 4.98 Å². The first-order valence-electron chi connectivity index (χ1n) is 6.39. The van der Waals surface area contributed by atoms with E-state index in [1.807, 2.05) is 16.8 Å². The van der Waals surface area contributed by atoms with Gasteiger partial charge in [0.1, 0.15) is 0 Å². The number of nitrogens with zero attached hydrogens (tertiary/aromatic N) is 3. The van der Waals surface area contributed by atoms with Crippen molar-refractivity contribution < 1.29 is 14.4 Å². The molecule has 0 aliphatic rings. The predicted molar refractivity (Wildman–Crippen MR) is 79.3 cm³/mol. The highest BCUT2D eigenvalue weighted by molar-refractivity contribution is 7.08. The number of aromatic nitrogens is 3. The number of carboxylic acid groups (broad SMARTS) is 1. The largest absolute Gasteiger partial charge is 0.550 e. The molecule has 110 valence electrons. The van der Waals surface area contributed by atoms with E-state index in [0.29, 0.717) is 11.4 Å². The molecule has 0 radical (unpaired) electrons. The lowest BCUT2D eigenvalue weighted by atomic mass is 10.1. The van der Waals surface area contributed by atoms with Crippen LogP contribution in [0.25, 0.3) is 23.0 Å². The van der Waals surface area contributed by atoms with Gasteiger partial charge < -0.3 is 14.4 Å². The smallest absolute Gasteiger partial charge is 0.254 e. The Hall–Kier alpha value is -2.80. The molecule has 0 saturated heterocycles. The molecule has 0 aromatic carbocycles. The van der Waals surface area contributed by atoms with Gasteiger partial charge in [0.05, 0.1) is 0 Å². The summed E-state index contributed by atoms with van der Waals surface area (Å²) in [5.41, 5.74) is 1.95. The minimum atomic E-state index is -1.22. The van der Waals surface area contributed by atoms with Crippen LogP contribution in [0.5, 0.6) is 0 Å². The van der Waals surface area contributed by atoms with Crippen molar-refractivity contribution in [3.63, 3.8) is 0 Å². The number of hydrogen-bond acceptors (Lipinski definition) is 7. The highest BCUT2D eigenvalue weighted by atomic mass is 32.1. The molecule has 0 aliphatic carbocycles. The van der Waals surface area contributed by atoms with E-state index in [9.17, 15) is 9.90 Å². The number of rotatable bonds is 5. The molecule has 0 unspecified atom stereocenters. The first-order chi connectivity index (χ1) is 10.7. The van der Waals surface area contributed by atoms with Crippen LogP contribution in [0.1, 0.15) is 17.9 Å². The minimum Gasteiger partial charge on any atom is -0.550 e. The fourth-order valence-corrected chi connectivity index (χ4v) is 2.50. The Balaban J connectivity index is 1.96. The Kier molecular flexibility index (Phi) is 4.06. The summed E-state index contributed by atoms with van der Waals surface area (Å²) in [4.78, 5) is 19.2. The molecule has 0 amide bonds. The van der Waals surface area contributed by atoms with Crippen molar-refractivity contribution in [3.05, 3.63) is 52.8 Å². The molecule has 0 fully saturated rings. The van der Waals surface area contributed by atoms with Crippen molar-refractivity contribution in [3.8, 4) is 11.4 Å². The second-order valence-electron chi connectivity index (χ2n) is 4.44. The van der Waals surface area contributed by atoms with Crippen molar-refractivity contribution >= 4 is 29.0 Å². The van der Waals surface area contributed by atoms with Crippen molar-refractivity contribution in [1.29, 1.82) is 0 Å².